The van der Waals surface area contributed by atoms with Crippen molar-refractivity contribution in [2.45, 2.75) is 13.3 Å². The standard InChI is InChI=1S/C13H10ClFO2/c1-8(16)6-10-3-5-13(17-10)11-4-2-9(14)7-12(11)15/h2-5,7H,6H2,1H3. The van der Waals surface area contributed by atoms with Gasteiger partial charge in [0.15, 0.2) is 0 Å². The van der Waals surface area contributed by atoms with E-state index in [1.54, 1.807) is 24.3 Å². The van der Waals surface area contributed by atoms with E-state index in [-0.39, 0.29) is 12.2 Å². The highest BCUT2D eigenvalue weighted by Gasteiger charge is 2.11. The third-order valence-electron chi connectivity index (χ3n) is 2.28. The van der Waals surface area contributed by atoms with Crippen LogP contribution in [0.3, 0.4) is 0 Å². The van der Waals surface area contributed by atoms with E-state index in [0.29, 0.717) is 22.1 Å². The number of benzene rings is 1. The molecule has 0 saturated heterocycles. The first-order valence-electron chi connectivity index (χ1n) is 5.10. The maximum Gasteiger partial charge on any atom is 0.137 e. The molecule has 2 aromatic rings. The van der Waals surface area contributed by atoms with Gasteiger partial charge in [-0.3, -0.25) is 4.79 Å². The quantitative estimate of drug-likeness (QED) is 0.830. The van der Waals surface area contributed by atoms with Crippen molar-refractivity contribution in [2.24, 2.45) is 0 Å². The Hall–Kier alpha value is -1.61. The molecule has 0 radical (unpaired) electrons. The van der Waals surface area contributed by atoms with Gasteiger partial charge < -0.3 is 4.42 Å². The highest BCUT2D eigenvalue weighted by atomic mass is 35.5. The third kappa shape index (κ3) is 2.74. The molecule has 0 unspecified atom stereocenters. The van der Waals surface area contributed by atoms with Crippen molar-refractivity contribution >= 4 is 17.4 Å². The molecule has 0 fully saturated rings. The van der Waals surface area contributed by atoms with Crippen LogP contribution in [0.25, 0.3) is 11.3 Å². The number of Topliss-reactive ketones (excluding diaryl/α,β-unsaturated/α-hetero) is 1. The Morgan fingerprint density at radius 1 is 1.35 bits per heavy atom. The number of carbonyl (C=O) groups is 1. The summed E-state index contributed by atoms with van der Waals surface area (Å²) in [7, 11) is 0. The number of hydrogen-bond donors (Lipinski definition) is 0. The Morgan fingerprint density at radius 2 is 2.12 bits per heavy atom. The molecule has 0 atom stereocenters. The van der Waals surface area contributed by atoms with Gasteiger partial charge in [0.1, 0.15) is 23.1 Å². The molecule has 0 aliphatic carbocycles. The van der Waals surface area contributed by atoms with Gasteiger partial charge in [-0.2, -0.15) is 0 Å². The fraction of sp³-hybridized carbons (Fsp3) is 0.154. The SMILES string of the molecule is CC(=O)Cc1ccc(-c2ccc(Cl)cc2F)o1. The van der Waals surface area contributed by atoms with E-state index in [4.69, 9.17) is 16.0 Å². The van der Waals surface area contributed by atoms with E-state index >= 15 is 0 Å². The van der Waals surface area contributed by atoms with Crippen LogP contribution in [-0.2, 0) is 11.2 Å². The van der Waals surface area contributed by atoms with E-state index in [1.807, 2.05) is 0 Å². The lowest BCUT2D eigenvalue weighted by Gasteiger charge is -2.00. The van der Waals surface area contributed by atoms with Crippen LogP contribution in [0, 0.1) is 5.82 Å². The van der Waals surface area contributed by atoms with Crippen LogP contribution in [0.5, 0.6) is 0 Å². The van der Waals surface area contributed by atoms with Crippen LogP contribution in [0.1, 0.15) is 12.7 Å². The molecular weight excluding hydrogens is 243 g/mol. The van der Waals surface area contributed by atoms with Crippen molar-refractivity contribution in [1.29, 1.82) is 0 Å². The molecule has 2 rings (SSSR count). The van der Waals surface area contributed by atoms with Crippen molar-refractivity contribution < 1.29 is 13.6 Å². The topological polar surface area (TPSA) is 30.2 Å². The molecule has 0 N–H and O–H groups in total. The predicted molar refractivity (Wildman–Crippen MR) is 63.5 cm³/mol. The highest BCUT2D eigenvalue weighted by Crippen LogP contribution is 2.27. The van der Waals surface area contributed by atoms with Gasteiger partial charge >= 0.3 is 0 Å². The zero-order chi connectivity index (χ0) is 12.4. The number of ketones is 1. The fourth-order valence-corrected chi connectivity index (χ4v) is 1.71. The first-order valence-corrected chi connectivity index (χ1v) is 5.47. The Balaban J connectivity index is 2.33. The molecule has 0 saturated carbocycles. The summed E-state index contributed by atoms with van der Waals surface area (Å²) in [5.74, 6) is 0.487. The molecule has 2 nitrogen and oxygen atoms in total. The van der Waals surface area contributed by atoms with Gasteiger partial charge in [-0.05, 0) is 37.3 Å². The van der Waals surface area contributed by atoms with Crippen LogP contribution >= 0.6 is 11.6 Å². The molecule has 0 amide bonds. The minimum absolute atomic E-state index is 0.00229. The maximum absolute atomic E-state index is 13.6. The number of furan rings is 1. The first-order chi connectivity index (χ1) is 8.06. The van der Waals surface area contributed by atoms with E-state index in [1.165, 1.54) is 13.0 Å². The molecule has 1 aromatic heterocycles. The summed E-state index contributed by atoms with van der Waals surface area (Å²) in [6, 6.07) is 7.68. The van der Waals surface area contributed by atoms with Crippen LogP contribution in [0.2, 0.25) is 5.02 Å². The van der Waals surface area contributed by atoms with Gasteiger partial charge in [0.05, 0.1) is 12.0 Å². The molecule has 0 bridgehead atoms. The summed E-state index contributed by atoms with van der Waals surface area (Å²) >= 11 is 5.66. The van der Waals surface area contributed by atoms with Crippen molar-refractivity contribution in [3.63, 3.8) is 0 Å². The molecule has 0 aliphatic heterocycles. The smallest absolute Gasteiger partial charge is 0.137 e. The van der Waals surface area contributed by atoms with Gasteiger partial charge in [0.25, 0.3) is 0 Å². The lowest BCUT2D eigenvalue weighted by atomic mass is 10.1. The Labute approximate surface area is 103 Å². The Morgan fingerprint density at radius 3 is 2.76 bits per heavy atom. The highest BCUT2D eigenvalue weighted by molar-refractivity contribution is 6.30. The summed E-state index contributed by atoms with van der Waals surface area (Å²) in [5, 5.41) is 0.335. The summed E-state index contributed by atoms with van der Waals surface area (Å²) in [5.41, 5.74) is 0.337. The second kappa shape index (κ2) is 4.72. The molecular formula is C13H10ClFO2. The minimum atomic E-state index is -0.443. The van der Waals surface area contributed by atoms with E-state index in [0.717, 1.165) is 0 Å². The minimum Gasteiger partial charge on any atom is -0.461 e. The van der Waals surface area contributed by atoms with Gasteiger partial charge in [0.2, 0.25) is 0 Å². The average molecular weight is 253 g/mol. The predicted octanol–water partition coefficient (Wildman–Crippen LogP) is 3.87. The zero-order valence-corrected chi connectivity index (χ0v) is 9.92. The Bertz CT molecular complexity index is 560. The van der Waals surface area contributed by atoms with Gasteiger partial charge in [-0.25, -0.2) is 4.39 Å². The maximum atomic E-state index is 13.6. The fourth-order valence-electron chi connectivity index (χ4n) is 1.55. The van der Waals surface area contributed by atoms with Crippen LogP contribution in [0.15, 0.2) is 34.7 Å². The molecule has 88 valence electrons. The van der Waals surface area contributed by atoms with E-state index in [2.05, 4.69) is 0 Å². The van der Waals surface area contributed by atoms with Crippen molar-refractivity contribution in [3.8, 4) is 11.3 Å². The monoisotopic (exact) mass is 252 g/mol. The van der Waals surface area contributed by atoms with Crippen LogP contribution < -0.4 is 0 Å². The number of carbonyl (C=O) groups excluding carboxylic acids is 1. The van der Waals surface area contributed by atoms with Gasteiger partial charge in [-0.15, -0.1) is 0 Å². The second-order valence-electron chi connectivity index (χ2n) is 3.77. The van der Waals surface area contributed by atoms with Crippen LogP contribution in [-0.4, -0.2) is 5.78 Å². The number of hydrogen-bond acceptors (Lipinski definition) is 2. The summed E-state index contributed by atoms with van der Waals surface area (Å²) in [6.45, 7) is 1.48. The lowest BCUT2D eigenvalue weighted by molar-refractivity contribution is -0.116. The summed E-state index contributed by atoms with van der Waals surface area (Å²) < 4.78 is 19.0. The summed E-state index contributed by atoms with van der Waals surface area (Å²) in [6.07, 6.45) is 0.217. The van der Waals surface area contributed by atoms with E-state index in [9.17, 15) is 9.18 Å². The van der Waals surface area contributed by atoms with Crippen molar-refractivity contribution in [2.75, 3.05) is 0 Å². The third-order valence-corrected chi connectivity index (χ3v) is 2.52. The molecule has 4 heteroatoms. The second-order valence-corrected chi connectivity index (χ2v) is 4.21. The normalized spacial score (nSPS) is 10.5. The zero-order valence-electron chi connectivity index (χ0n) is 9.17. The van der Waals surface area contributed by atoms with Gasteiger partial charge in [0, 0.05) is 5.02 Å². The molecule has 17 heavy (non-hydrogen) atoms. The molecule has 1 aromatic carbocycles. The summed E-state index contributed by atoms with van der Waals surface area (Å²) in [4.78, 5) is 10.9. The molecule has 1 heterocycles. The van der Waals surface area contributed by atoms with E-state index < -0.39 is 5.82 Å². The van der Waals surface area contributed by atoms with Crippen LogP contribution in [0.4, 0.5) is 4.39 Å². The first kappa shape index (κ1) is 11.9. The Kier molecular flexibility index (Phi) is 3.29. The molecule has 0 spiro atoms. The van der Waals surface area contributed by atoms with Crippen molar-refractivity contribution in [3.05, 3.63) is 46.9 Å². The van der Waals surface area contributed by atoms with Gasteiger partial charge in [-0.1, -0.05) is 11.6 Å². The average Bonchev–Trinajstić information content (AvgIpc) is 2.65. The molecule has 0 aliphatic rings. The number of halogens is 2. The lowest BCUT2D eigenvalue weighted by Crippen LogP contribution is -1.93. The van der Waals surface area contributed by atoms with Crippen molar-refractivity contribution in [1.82, 2.24) is 0 Å². The number of rotatable bonds is 3. The largest absolute Gasteiger partial charge is 0.461 e.